The van der Waals surface area contributed by atoms with Crippen LogP contribution in [0, 0.1) is 12.7 Å². The lowest BCUT2D eigenvalue weighted by Crippen LogP contribution is -2.42. The Balaban J connectivity index is 2.07. The summed E-state index contributed by atoms with van der Waals surface area (Å²) in [6.45, 7) is 2.09. The molecule has 0 saturated carbocycles. The van der Waals surface area contributed by atoms with Crippen molar-refractivity contribution in [3.05, 3.63) is 121 Å². The molecule has 144 valence electrons. The Morgan fingerprint density at radius 1 is 0.621 bits per heavy atom. The molecule has 0 atom stereocenters. The molecule has 3 heteroatoms. The van der Waals surface area contributed by atoms with Crippen LogP contribution < -0.4 is 20.6 Å². The van der Waals surface area contributed by atoms with Crippen molar-refractivity contribution in [2.75, 3.05) is 11.7 Å². The third-order valence-electron chi connectivity index (χ3n) is 5.30. The Hall–Kier alpha value is -2.96. The van der Waals surface area contributed by atoms with Crippen LogP contribution in [0.4, 0.5) is 10.1 Å². The lowest BCUT2D eigenvalue weighted by Gasteiger charge is -2.35. The van der Waals surface area contributed by atoms with Crippen molar-refractivity contribution in [3.63, 3.8) is 0 Å². The molecule has 0 bridgehead atoms. The average Bonchev–Trinajstić information content (AvgIpc) is 2.76. The van der Waals surface area contributed by atoms with E-state index in [9.17, 15) is 4.39 Å². The average molecular weight is 400 g/mol. The van der Waals surface area contributed by atoms with Gasteiger partial charge in [0, 0.05) is 13.1 Å². The van der Waals surface area contributed by atoms with Crippen molar-refractivity contribution in [1.82, 2.24) is 0 Å². The SMILES string of the molecule is Cc1ccc(N(C)[P+](c2ccccc2)(c2ccccc2)c2cccc(F)c2)cc1. The van der Waals surface area contributed by atoms with E-state index in [4.69, 9.17) is 0 Å². The topological polar surface area (TPSA) is 3.24 Å². The molecule has 0 amide bonds. The summed E-state index contributed by atoms with van der Waals surface area (Å²) in [6, 6.07) is 36.6. The smallest absolute Gasteiger partial charge is 0.202 e. The first-order valence-corrected chi connectivity index (χ1v) is 11.4. The van der Waals surface area contributed by atoms with Crippen molar-refractivity contribution in [1.29, 1.82) is 0 Å². The molecule has 0 aliphatic rings. The number of anilines is 1. The van der Waals surface area contributed by atoms with Gasteiger partial charge in [0.25, 0.3) is 0 Å². The highest BCUT2D eigenvalue weighted by Gasteiger charge is 2.50. The third kappa shape index (κ3) is 3.57. The molecule has 0 unspecified atom stereocenters. The van der Waals surface area contributed by atoms with Gasteiger partial charge in [-0.3, -0.25) is 0 Å². The first kappa shape index (κ1) is 19.4. The number of halogens is 1. The standard InChI is InChI=1S/C26H24FNP/c1-21-16-18-23(19-17-21)28(2)29(24-11-5-3-6-12-24,25-13-7-4-8-14-25)26-15-9-10-22(27)20-26/h3-20H,1-2H3/q+1. The maximum Gasteiger partial charge on any atom is 0.202 e. The van der Waals surface area contributed by atoms with Gasteiger partial charge in [0.2, 0.25) is 7.41 Å². The summed E-state index contributed by atoms with van der Waals surface area (Å²) in [4.78, 5) is 0. The van der Waals surface area contributed by atoms with Crippen LogP contribution in [-0.4, -0.2) is 7.05 Å². The highest BCUT2D eigenvalue weighted by atomic mass is 31.2. The van der Waals surface area contributed by atoms with Crippen LogP contribution in [0.25, 0.3) is 0 Å². The highest BCUT2D eigenvalue weighted by Crippen LogP contribution is 2.59. The van der Waals surface area contributed by atoms with E-state index >= 15 is 0 Å². The lowest BCUT2D eigenvalue weighted by atomic mass is 10.2. The van der Waals surface area contributed by atoms with Gasteiger partial charge in [0.1, 0.15) is 21.7 Å². The van der Waals surface area contributed by atoms with Gasteiger partial charge in [-0.05, 0) is 55.5 Å². The van der Waals surface area contributed by atoms with E-state index in [2.05, 4.69) is 97.5 Å². The lowest BCUT2D eigenvalue weighted by molar-refractivity contribution is 0.629. The van der Waals surface area contributed by atoms with Gasteiger partial charge in [-0.15, -0.1) is 0 Å². The van der Waals surface area contributed by atoms with Gasteiger partial charge in [-0.25, -0.2) is 9.06 Å². The van der Waals surface area contributed by atoms with Gasteiger partial charge < -0.3 is 0 Å². The molecule has 0 heterocycles. The minimum absolute atomic E-state index is 0.212. The van der Waals surface area contributed by atoms with Gasteiger partial charge >= 0.3 is 0 Å². The van der Waals surface area contributed by atoms with Gasteiger partial charge in [0.05, 0.1) is 5.69 Å². The summed E-state index contributed by atoms with van der Waals surface area (Å²) in [5, 5.41) is 3.39. The van der Waals surface area contributed by atoms with E-state index in [-0.39, 0.29) is 5.82 Å². The van der Waals surface area contributed by atoms with E-state index in [0.717, 1.165) is 11.0 Å². The number of hydrogen-bond acceptors (Lipinski definition) is 1. The predicted octanol–water partition coefficient (Wildman–Crippen LogP) is 5.48. The quantitative estimate of drug-likeness (QED) is 0.401. The first-order valence-electron chi connectivity index (χ1n) is 9.69. The molecule has 0 N–H and O–H groups in total. The van der Waals surface area contributed by atoms with Crippen LogP contribution in [0.5, 0.6) is 0 Å². The Morgan fingerprint density at radius 2 is 1.14 bits per heavy atom. The molecule has 0 aliphatic heterocycles. The number of rotatable bonds is 5. The minimum atomic E-state index is -2.31. The second-order valence-corrected chi connectivity index (χ2v) is 10.6. The second-order valence-electron chi connectivity index (χ2n) is 7.15. The van der Waals surface area contributed by atoms with Crippen LogP contribution in [0.1, 0.15) is 5.56 Å². The molecule has 0 spiro atoms. The summed E-state index contributed by atoms with van der Waals surface area (Å²) in [5.74, 6) is -0.212. The second kappa shape index (κ2) is 8.19. The molecule has 0 radical (unpaired) electrons. The minimum Gasteiger partial charge on any atom is -0.237 e. The molecule has 4 rings (SSSR count). The number of nitrogens with zero attached hydrogens (tertiary/aromatic N) is 1. The van der Waals surface area contributed by atoms with Crippen LogP contribution in [0.15, 0.2) is 109 Å². The molecular weight excluding hydrogens is 376 g/mol. The maximum atomic E-state index is 14.4. The van der Waals surface area contributed by atoms with Gasteiger partial charge in [0.15, 0.2) is 0 Å². The number of hydrogen-bond donors (Lipinski definition) is 0. The molecule has 1 nitrogen and oxygen atoms in total. The van der Waals surface area contributed by atoms with E-state index in [1.54, 1.807) is 6.07 Å². The number of benzene rings is 4. The Bertz CT molecular complexity index is 1040. The Morgan fingerprint density at radius 3 is 1.66 bits per heavy atom. The summed E-state index contributed by atoms with van der Waals surface area (Å²) in [6.07, 6.45) is 0. The normalized spacial score (nSPS) is 11.3. The highest BCUT2D eigenvalue weighted by molar-refractivity contribution is 7.96. The van der Waals surface area contributed by atoms with Crippen LogP contribution in [-0.2, 0) is 0 Å². The fourth-order valence-corrected chi connectivity index (χ4v) is 8.10. The van der Waals surface area contributed by atoms with E-state index in [0.29, 0.717) is 0 Å². The molecule has 0 fully saturated rings. The fraction of sp³-hybridized carbons (Fsp3) is 0.0769. The van der Waals surface area contributed by atoms with Crippen LogP contribution in [0.2, 0.25) is 0 Å². The molecule has 0 aliphatic carbocycles. The van der Waals surface area contributed by atoms with Gasteiger partial charge in [-0.1, -0.05) is 60.2 Å². The van der Waals surface area contributed by atoms with Crippen LogP contribution in [0.3, 0.4) is 0 Å². The molecular formula is C26H24FNP+. The van der Waals surface area contributed by atoms with Crippen molar-refractivity contribution in [2.24, 2.45) is 0 Å². The Labute approximate surface area is 172 Å². The van der Waals surface area contributed by atoms with E-state index in [1.165, 1.54) is 22.2 Å². The summed E-state index contributed by atoms with van der Waals surface area (Å²) in [5.41, 5.74) is 2.33. The summed E-state index contributed by atoms with van der Waals surface area (Å²) >= 11 is 0. The molecule has 0 aromatic heterocycles. The first-order chi connectivity index (χ1) is 14.1. The summed E-state index contributed by atoms with van der Waals surface area (Å²) in [7, 11) is -0.187. The molecule has 4 aromatic rings. The molecule has 4 aromatic carbocycles. The summed E-state index contributed by atoms with van der Waals surface area (Å²) < 4.78 is 16.8. The largest absolute Gasteiger partial charge is 0.237 e. The Kier molecular flexibility index (Phi) is 5.47. The van der Waals surface area contributed by atoms with Crippen molar-refractivity contribution < 1.29 is 4.39 Å². The third-order valence-corrected chi connectivity index (χ3v) is 9.55. The van der Waals surface area contributed by atoms with Crippen molar-refractivity contribution in [2.45, 2.75) is 6.92 Å². The zero-order valence-electron chi connectivity index (χ0n) is 16.7. The fourth-order valence-electron chi connectivity index (χ4n) is 3.87. The molecule has 0 saturated heterocycles. The van der Waals surface area contributed by atoms with Crippen molar-refractivity contribution >= 4 is 29.0 Å². The van der Waals surface area contributed by atoms with E-state index < -0.39 is 7.41 Å². The zero-order chi connectivity index (χ0) is 20.3. The maximum absolute atomic E-state index is 14.4. The van der Waals surface area contributed by atoms with Gasteiger partial charge in [-0.2, -0.15) is 0 Å². The molecule has 29 heavy (non-hydrogen) atoms. The monoisotopic (exact) mass is 400 g/mol. The van der Waals surface area contributed by atoms with Crippen LogP contribution >= 0.6 is 7.41 Å². The predicted molar refractivity (Wildman–Crippen MR) is 125 cm³/mol. The van der Waals surface area contributed by atoms with E-state index in [1.807, 2.05) is 18.2 Å². The number of aryl methyl sites for hydroxylation is 1. The zero-order valence-corrected chi connectivity index (χ0v) is 17.6. The van der Waals surface area contributed by atoms with Crippen molar-refractivity contribution in [3.8, 4) is 0 Å².